The Morgan fingerprint density at radius 1 is 1.11 bits per heavy atom. The molecule has 2 aliphatic carbocycles. The molecule has 0 aromatic heterocycles. The Morgan fingerprint density at radius 3 is 2.60 bits per heavy atom. The Labute approximate surface area is 307 Å². The van der Waals surface area contributed by atoms with Crippen molar-refractivity contribution in [1.29, 1.82) is 0 Å². The number of allylic oxidation sites excluding steroid dienone is 3. The van der Waals surface area contributed by atoms with Crippen LogP contribution in [0.2, 0.25) is 0 Å². The lowest BCUT2D eigenvalue weighted by Gasteiger charge is -2.35. The van der Waals surface area contributed by atoms with Crippen molar-refractivity contribution >= 4 is 29.7 Å². The maximum atomic E-state index is 14.0. The molecule has 12 nitrogen and oxygen atoms in total. The Hall–Kier alpha value is -4.36. The van der Waals surface area contributed by atoms with Gasteiger partial charge < -0.3 is 39.4 Å². The number of aliphatic hydroxyl groups is 4. The number of carbonyl (C=O) groups is 3. The highest BCUT2D eigenvalue weighted by molar-refractivity contribution is 6.11. The predicted molar refractivity (Wildman–Crippen MR) is 192 cm³/mol. The minimum Gasteiger partial charge on any atom is -0.492 e. The van der Waals surface area contributed by atoms with Crippen molar-refractivity contribution in [2.75, 3.05) is 33.0 Å². The molecule has 0 spiro atoms. The third-order valence-electron chi connectivity index (χ3n) is 11.6. The van der Waals surface area contributed by atoms with Crippen LogP contribution < -0.4 is 24.8 Å². The molecule has 3 heterocycles. The molecule has 3 aliphatic heterocycles. The molecule has 2 fully saturated rings. The zero-order valence-corrected chi connectivity index (χ0v) is 30.2. The summed E-state index contributed by atoms with van der Waals surface area (Å²) < 4.78 is 24.6. The highest BCUT2D eigenvalue weighted by atomic mass is 16.6. The van der Waals surface area contributed by atoms with Crippen LogP contribution >= 0.6 is 0 Å². The van der Waals surface area contributed by atoms with E-state index >= 15 is 0 Å². The first-order valence-electron chi connectivity index (χ1n) is 18.7. The Morgan fingerprint density at radius 2 is 1.91 bits per heavy atom. The van der Waals surface area contributed by atoms with Crippen LogP contribution in [0.5, 0.6) is 17.2 Å². The Bertz CT molecular complexity index is 2010. The topological polar surface area (TPSA) is 181 Å². The average molecular weight is 730 g/mol. The van der Waals surface area contributed by atoms with E-state index in [0.717, 1.165) is 41.8 Å². The van der Waals surface area contributed by atoms with Crippen molar-refractivity contribution in [3.63, 3.8) is 0 Å². The number of Topliss-reactive ketones (excluding diaryl/α,β-unsaturated/α-hetero) is 1. The van der Waals surface area contributed by atoms with Crippen LogP contribution in [0.4, 0.5) is 0 Å². The summed E-state index contributed by atoms with van der Waals surface area (Å²) in [6, 6.07) is 5.66. The highest BCUT2D eigenvalue weighted by Gasteiger charge is 2.49. The second kappa shape index (κ2) is 15.2. The van der Waals surface area contributed by atoms with Gasteiger partial charge in [-0.05, 0) is 68.4 Å². The quantitative estimate of drug-likeness (QED) is 0.143. The summed E-state index contributed by atoms with van der Waals surface area (Å²) in [6.45, 7) is 2.85. The van der Waals surface area contributed by atoms with Gasteiger partial charge in [-0.15, -0.1) is 0 Å². The second-order valence-corrected chi connectivity index (χ2v) is 14.7. The summed E-state index contributed by atoms with van der Waals surface area (Å²) >= 11 is 0. The summed E-state index contributed by atoms with van der Waals surface area (Å²) in [5.74, 6) is -2.36. The number of ketones is 1. The van der Waals surface area contributed by atoms with Crippen LogP contribution in [0.3, 0.4) is 0 Å². The van der Waals surface area contributed by atoms with E-state index in [9.17, 15) is 34.8 Å². The number of hydrogen-bond donors (Lipinski definition) is 4. The third kappa shape index (κ3) is 6.49. The second-order valence-electron chi connectivity index (χ2n) is 14.7. The van der Waals surface area contributed by atoms with Crippen molar-refractivity contribution in [2.45, 2.75) is 89.4 Å². The monoisotopic (exact) mass is 729 g/mol. The van der Waals surface area contributed by atoms with Crippen LogP contribution in [0, 0.1) is 11.8 Å². The SMILES string of the molecule is CCOC(=O)C1=C(C=O)C(=C2CC(CO)C(=O)C(c3ccc4c(c3)=CCN=4)C2)c2c(OCCCO)c3c(c(CO)c2O1)OC(C(C)(O)C1CCCC1)C3. The van der Waals surface area contributed by atoms with E-state index < -0.39 is 42.7 Å². The summed E-state index contributed by atoms with van der Waals surface area (Å²) in [6.07, 6.45) is 6.25. The maximum absolute atomic E-state index is 14.0. The summed E-state index contributed by atoms with van der Waals surface area (Å²) in [5, 5.41) is 44.9. The van der Waals surface area contributed by atoms with E-state index in [2.05, 4.69) is 4.99 Å². The molecule has 12 heteroatoms. The molecule has 0 bridgehead atoms. The zero-order chi connectivity index (χ0) is 37.4. The van der Waals surface area contributed by atoms with Gasteiger partial charge in [0.15, 0.2) is 6.29 Å². The van der Waals surface area contributed by atoms with Crippen LogP contribution in [0.1, 0.15) is 87.0 Å². The molecular formula is C41H47NO11. The molecule has 5 aliphatic rings. The van der Waals surface area contributed by atoms with Gasteiger partial charge in [-0.1, -0.05) is 30.6 Å². The van der Waals surface area contributed by atoms with Crippen molar-refractivity contribution in [1.82, 2.24) is 0 Å². The fourth-order valence-electron chi connectivity index (χ4n) is 8.80. The number of nitrogens with zero attached hydrogens (tertiary/aromatic N) is 1. The highest BCUT2D eigenvalue weighted by Crippen LogP contribution is 2.57. The van der Waals surface area contributed by atoms with E-state index in [1.807, 2.05) is 24.3 Å². The van der Waals surface area contributed by atoms with E-state index in [4.69, 9.17) is 18.9 Å². The van der Waals surface area contributed by atoms with Gasteiger partial charge in [0, 0.05) is 42.4 Å². The van der Waals surface area contributed by atoms with Crippen LogP contribution in [0.15, 0.2) is 40.1 Å². The lowest BCUT2D eigenvalue weighted by molar-refractivity contribution is -0.141. The first-order valence-corrected chi connectivity index (χ1v) is 18.7. The first-order chi connectivity index (χ1) is 25.7. The molecule has 2 aromatic carbocycles. The van der Waals surface area contributed by atoms with Gasteiger partial charge in [0.2, 0.25) is 5.76 Å². The van der Waals surface area contributed by atoms with Crippen molar-refractivity contribution in [3.8, 4) is 17.2 Å². The summed E-state index contributed by atoms with van der Waals surface area (Å²) in [5.41, 5.74) is 1.38. The molecule has 4 atom stereocenters. The van der Waals surface area contributed by atoms with Gasteiger partial charge in [-0.25, -0.2) is 4.79 Å². The number of ether oxygens (including phenoxy) is 4. The summed E-state index contributed by atoms with van der Waals surface area (Å²) in [4.78, 5) is 45.2. The number of carbonyl (C=O) groups excluding carboxylic acids is 3. The van der Waals surface area contributed by atoms with Crippen LogP contribution in [-0.4, -0.2) is 83.1 Å². The molecule has 2 saturated carbocycles. The number of fused-ring (bicyclic) bond motifs is 3. The van der Waals surface area contributed by atoms with Crippen molar-refractivity contribution < 1.29 is 53.8 Å². The van der Waals surface area contributed by atoms with Crippen LogP contribution in [-0.2, 0) is 32.1 Å². The van der Waals surface area contributed by atoms with Gasteiger partial charge in [0.1, 0.15) is 34.7 Å². The Balaban J connectivity index is 1.47. The molecule has 282 valence electrons. The molecule has 0 amide bonds. The summed E-state index contributed by atoms with van der Waals surface area (Å²) in [7, 11) is 0. The molecular weight excluding hydrogens is 682 g/mol. The number of hydrogen-bond acceptors (Lipinski definition) is 12. The minimum atomic E-state index is -1.22. The van der Waals surface area contributed by atoms with Crippen molar-refractivity contribution in [3.05, 3.63) is 67.9 Å². The number of aldehydes is 1. The fraction of sp³-hybridized carbons (Fsp3) is 0.512. The first kappa shape index (κ1) is 37.0. The lowest BCUT2D eigenvalue weighted by Crippen LogP contribution is -2.47. The van der Waals surface area contributed by atoms with E-state index in [1.165, 1.54) is 0 Å². The minimum absolute atomic E-state index is 0.00179. The number of rotatable bonds is 12. The van der Waals surface area contributed by atoms with Crippen LogP contribution in [0.25, 0.3) is 11.6 Å². The van der Waals surface area contributed by atoms with E-state index in [0.29, 0.717) is 35.1 Å². The smallest absolute Gasteiger partial charge is 0.375 e. The molecule has 0 saturated heterocycles. The van der Waals surface area contributed by atoms with Gasteiger partial charge in [0.05, 0.1) is 55.0 Å². The van der Waals surface area contributed by atoms with Crippen molar-refractivity contribution in [2.24, 2.45) is 16.8 Å². The Kier molecular flexibility index (Phi) is 10.6. The molecule has 53 heavy (non-hydrogen) atoms. The van der Waals surface area contributed by atoms with Gasteiger partial charge in [0.25, 0.3) is 0 Å². The lowest BCUT2D eigenvalue weighted by atomic mass is 9.71. The zero-order valence-electron chi connectivity index (χ0n) is 30.2. The van der Waals surface area contributed by atoms with Gasteiger partial charge >= 0.3 is 5.97 Å². The van der Waals surface area contributed by atoms with E-state index in [1.54, 1.807) is 13.8 Å². The molecule has 7 rings (SSSR count). The fourth-order valence-corrected chi connectivity index (χ4v) is 8.80. The third-order valence-corrected chi connectivity index (χ3v) is 11.6. The molecule has 4 N–H and O–H groups in total. The molecule has 2 aromatic rings. The molecule has 0 radical (unpaired) electrons. The number of aliphatic hydroxyl groups excluding tert-OH is 3. The number of benzene rings is 2. The number of esters is 1. The van der Waals surface area contributed by atoms with Gasteiger partial charge in [-0.2, -0.15) is 0 Å². The average Bonchev–Trinajstić information content (AvgIpc) is 3.96. The molecule has 4 unspecified atom stereocenters. The van der Waals surface area contributed by atoms with Gasteiger partial charge in [-0.3, -0.25) is 14.6 Å². The normalized spacial score (nSPS) is 24.6. The predicted octanol–water partition coefficient (Wildman–Crippen LogP) is 2.52. The maximum Gasteiger partial charge on any atom is 0.375 e. The van der Waals surface area contributed by atoms with E-state index in [-0.39, 0.29) is 91.3 Å². The standard InChI is InChI=1S/C41H47NO11/c1-3-50-40(48)39-29(20-45)33(24-16-25(19-44)35(47)27(17-24)22-9-10-31-23(15-22)11-12-42-31)34-37(51-14-6-13-43)28-18-32(41(2,49)26-7-4-5-8-26)52-36(28)30(21-46)38(34)53-39/h9-11,15,20,25-27,32,43-44,46,49H,3-8,12-14,16-19,21H2,1-2H3. The largest absolute Gasteiger partial charge is 0.492 e.